The van der Waals surface area contributed by atoms with Gasteiger partial charge in [-0.15, -0.1) is 0 Å². The molecule has 0 aliphatic carbocycles. The molecule has 0 spiro atoms. The lowest BCUT2D eigenvalue weighted by Crippen LogP contribution is -2.37. The van der Waals surface area contributed by atoms with E-state index in [2.05, 4.69) is 21.2 Å². The van der Waals surface area contributed by atoms with E-state index in [1.165, 1.54) is 7.05 Å². The van der Waals surface area contributed by atoms with Crippen molar-refractivity contribution < 1.29 is 27.5 Å². The van der Waals surface area contributed by atoms with Gasteiger partial charge >= 0.3 is 5.97 Å². The number of rotatable bonds is 5. The Kier molecular flexibility index (Phi) is 5.42. The number of aromatic carboxylic acids is 1. The molecule has 0 aromatic heterocycles. The smallest absolute Gasteiger partial charge is 0.338 e. The zero-order valence-corrected chi connectivity index (χ0v) is 13.5. The third-order valence-electron chi connectivity index (χ3n) is 2.57. The quantitative estimate of drug-likeness (QED) is 0.777. The monoisotopic (exact) mass is 382 g/mol. The second-order valence-electron chi connectivity index (χ2n) is 4.00. The van der Waals surface area contributed by atoms with Gasteiger partial charge in [0.1, 0.15) is 4.90 Å². The molecule has 1 aromatic rings. The Morgan fingerprint density at radius 1 is 1.43 bits per heavy atom. The second-order valence-corrected chi connectivity index (χ2v) is 6.93. The van der Waals surface area contributed by atoms with Crippen LogP contribution in [-0.4, -0.2) is 50.3 Å². The first-order valence-electron chi connectivity index (χ1n) is 5.50. The normalized spacial score (nSPS) is 11.5. The van der Waals surface area contributed by atoms with Gasteiger partial charge in [-0.3, -0.25) is 4.79 Å². The molecule has 0 saturated carbocycles. The Morgan fingerprint density at radius 3 is 2.48 bits per heavy atom. The summed E-state index contributed by atoms with van der Waals surface area (Å²) in [6.07, 6.45) is 0. The minimum Gasteiger partial charge on any atom is -0.478 e. The van der Waals surface area contributed by atoms with Crippen LogP contribution in [0.5, 0.6) is 0 Å². The van der Waals surface area contributed by atoms with Gasteiger partial charge in [-0.05, 0) is 12.1 Å². The van der Waals surface area contributed by atoms with Gasteiger partial charge in [0.25, 0.3) is 0 Å². The van der Waals surface area contributed by atoms with Crippen molar-refractivity contribution >= 4 is 37.8 Å². The van der Waals surface area contributed by atoms with Crippen molar-refractivity contribution in [1.29, 1.82) is 0 Å². The van der Waals surface area contributed by atoms with E-state index in [1.807, 2.05) is 0 Å². The minimum absolute atomic E-state index is 0.0909. The van der Waals surface area contributed by atoms with Crippen LogP contribution < -0.4 is 5.32 Å². The van der Waals surface area contributed by atoms with Gasteiger partial charge in [-0.1, -0.05) is 15.9 Å². The summed E-state index contributed by atoms with van der Waals surface area (Å²) in [4.78, 5) is 21.3. The van der Waals surface area contributed by atoms with E-state index in [0.717, 1.165) is 19.2 Å². The van der Waals surface area contributed by atoms with Gasteiger partial charge in [-0.2, -0.15) is 4.31 Å². The molecular formula is C11H12BrFN2O5S. The summed E-state index contributed by atoms with van der Waals surface area (Å²) in [7, 11) is -1.94. The number of sulfonamides is 1. The molecule has 1 rings (SSSR count). The van der Waals surface area contributed by atoms with Gasteiger partial charge in [0.05, 0.1) is 12.1 Å². The molecule has 0 atom stereocenters. The molecule has 0 saturated heterocycles. The standard InChI is InChI=1S/C11H12BrFN2O5S/c1-14-9(16)5-15(2)21(19,20)8-4-6(12)3-7(10(8)13)11(17)18/h3-4H,5H2,1-2H3,(H,14,16)(H,17,18). The zero-order chi connectivity index (χ0) is 16.4. The fourth-order valence-corrected chi connectivity index (χ4v) is 3.29. The van der Waals surface area contributed by atoms with Crippen LogP contribution in [0.25, 0.3) is 0 Å². The number of nitrogens with zero attached hydrogens (tertiary/aromatic N) is 1. The van der Waals surface area contributed by atoms with Crippen LogP contribution >= 0.6 is 15.9 Å². The van der Waals surface area contributed by atoms with Crippen molar-refractivity contribution in [2.75, 3.05) is 20.6 Å². The van der Waals surface area contributed by atoms with Crippen LogP contribution in [0.15, 0.2) is 21.5 Å². The Morgan fingerprint density at radius 2 is 2.00 bits per heavy atom. The molecule has 21 heavy (non-hydrogen) atoms. The fraction of sp³-hybridized carbons (Fsp3) is 0.273. The Bertz CT molecular complexity index is 692. The molecule has 10 heteroatoms. The van der Waals surface area contributed by atoms with Crippen LogP contribution in [0, 0.1) is 5.82 Å². The van der Waals surface area contributed by atoms with Gasteiger partial charge in [-0.25, -0.2) is 17.6 Å². The topological polar surface area (TPSA) is 104 Å². The summed E-state index contributed by atoms with van der Waals surface area (Å²) in [5.41, 5.74) is -0.781. The number of carbonyl (C=O) groups is 2. The summed E-state index contributed by atoms with van der Waals surface area (Å²) in [5.74, 6) is -3.57. The zero-order valence-electron chi connectivity index (χ0n) is 11.1. The van der Waals surface area contributed by atoms with E-state index < -0.39 is 44.7 Å². The van der Waals surface area contributed by atoms with E-state index in [4.69, 9.17) is 5.11 Å². The maximum Gasteiger partial charge on any atom is 0.338 e. The van der Waals surface area contributed by atoms with E-state index in [9.17, 15) is 22.4 Å². The third kappa shape index (κ3) is 3.77. The lowest BCUT2D eigenvalue weighted by atomic mass is 10.2. The number of nitrogens with one attached hydrogen (secondary N) is 1. The summed E-state index contributed by atoms with van der Waals surface area (Å²) in [5, 5.41) is 11.1. The molecule has 116 valence electrons. The van der Waals surface area contributed by atoms with E-state index >= 15 is 0 Å². The minimum atomic E-state index is -4.35. The van der Waals surface area contributed by atoms with E-state index in [0.29, 0.717) is 4.31 Å². The average molecular weight is 383 g/mol. The van der Waals surface area contributed by atoms with Crippen LogP contribution in [-0.2, 0) is 14.8 Å². The number of carboxylic acids is 1. The SMILES string of the molecule is CNC(=O)CN(C)S(=O)(=O)c1cc(Br)cc(C(=O)O)c1F. The molecule has 0 heterocycles. The highest BCUT2D eigenvalue weighted by Crippen LogP contribution is 2.26. The highest BCUT2D eigenvalue weighted by atomic mass is 79.9. The number of halogens is 2. The lowest BCUT2D eigenvalue weighted by molar-refractivity contribution is -0.120. The van der Waals surface area contributed by atoms with E-state index in [-0.39, 0.29) is 4.47 Å². The third-order valence-corrected chi connectivity index (χ3v) is 4.83. The Hall–Kier alpha value is -1.52. The Balaban J connectivity index is 3.38. The molecule has 0 unspecified atom stereocenters. The van der Waals surface area contributed by atoms with Gasteiger partial charge < -0.3 is 10.4 Å². The van der Waals surface area contributed by atoms with Crippen LogP contribution in [0.1, 0.15) is 10.4 Å². The maximum absolute atomic E-state index is 14.1. The van der Waals surface area contributed by atoms with Gasteiger partial charge in [0.15, 0.2) is 5.82 Å². The van der Waals surface area contributed by atoms with Crippen LogP contribution in [0.3, 0.4) is 0 Å². The van der Waals surface area contributed by atoms with Crippen LogP contribution in [0.2, 0.25) is 0 Å². The highest BCUT2D eigenvalue weighted by Gasteiger charge is 2.29. The lowest BCUT2D eigenvalue weighted by Gasteiger charge is -2.17. The predicted molar refractivity (Wildman–Crippen MR) is 74.9 cm³/mol. The van der Waals surface area contributed by atoms with Crippen molar-refractivity contribution in [3.63, 3.8) is 0 Å². The summed E-state index contributed by atoms with van der Waals surface area (Å²) in [6, 6.07) is 1.90. The number of carboxylic acid groups (broad SMARTS) is 1. The largest absolute Gasteiger partial charge is 0.478 e. The summed E-state index contributed by atoms with van der Waals surface area (Å²) in [6.45, 7) is -0.521. The molecule has 0 aliphatic heterocycles. The van der Waals surface area contributed by atoms with Crippen molar-refractivity contribution in [3.05, 3.63) is 28.0 Å². The molecule has 0 bridgehead atoms. The number of amides is 1. The first-order chi connectivity index (χ1) is 9.61. The van der Waals surface area contributed by atoms with Gasteiger partial charge in [0.2, 0.25) is 15.9 Å². The average Bonchev–Trinajstić information content (AvgIpc) is 2.40. The highest BCUT2D eigenvalue weighted by molar-refractivity contribution is 9.10. The molecular weight excluding hydrogens is 371 g/mol. The van der Waals surface area contributed by atoms with Crippen LogP contribution in [0.4, 0.5) is 4.39 Å². The molecule has 1 amide bonds. The molecule has 0 radical (unpaired) electrons. The molecule has 0 aliphatic rings. The molecule has 1 aromatic carbocycles. The van der Waals surface area contributed by atoms with Gasteiger partial charge in [0, 0.05) is 18.6 Å². The van der Waals surface area contributed by atoms with Crippen molar-refractivity contribution in [3.8, 4) is 0 Å². The number of hydrogen-bond acceptors (Lipinski definition) is 4. The summed E-state index contributed by atoms with van der Waals surface area (Å²) >= 11 is 2.93. The van der Waals surface area contributed by atoms with E-state index in [1.54, 1.807) is 0 Å². The first kappa shape index (κ1) is 17.5. The van der Waals surface area contributed by atoms with Crippen molar-refractivity contribution in [2.45, 2.75) is 4.90 Å². The second kappa shape index (κ2) is 6.50. The predicted octanol–water partition coefficient (Wildman–Crippen LogP) is 0.653. The Labute approximate surface area is 128 Å². The summed E-state index contributed by atoms with van der Waals surface area (Å²) < 4.78 is 39.2. The number of likely N-dealkylation sites (N-methyl/N-ethyl adjacent to an activating group) is 2. The fourth-order valence-electron chi connectivity index (χ4n) is 1.44. The first-order valence-corrected chi connectivity index (χ1v) is 7.73. The molecule has 2 N–H and O–H groups in total. The number of carbonyl (C=O) groups excluding carboxylic acids is 1. The maximum atomic E-state index is 14.1. The van der Waals surface area contributed by atoms with Crippen molar-refractivity contribution in [1.82, 2.24) is 9.62 Å². The number of hydrogen-bond donors (Lipinski definition) is 2. The van der Waals surface area contributed by atoms with Crippen molar-refractivity contribution in [2.24, 2.45) is 0 Å². The number of benzene rings is 1. The molecule has 0 fully saturated rings. The molecule has 7 nitrogen and oxygen atoms in total.